The summed E-state index contributed by atoms with van der Waals surface area (Å²) in [5, 5.41) is 3.15. The number of benzene rings is 1. The molecule has 2 unspecified atom stereocenters. The third-order valence-electron chi connectivity index (χ3n) is 6.47. The van der Waals surface area contributed by atoms with E-state index in [1.807, 2.05) is 12.1 Å². The van der Waals surface area contributed by atoms with Crippen molar-refractivity contribution in [2.75, 3.05) is 19.6 Å². The van der Waals surface area contributed by atoms with Gasteiger partial charge in [0.2, 0.25) is 0 Å². The molecule has 3 N–H and O–H groups in total. The zero-order chi connectivity index (χ0) is 17.3. The third-order valence-corrected chi connectivity index (χ3v) is 6.47. The molecule has 0 aromatic heterocycles. The van der Waals surface area contributed by atoms with Crippen LogP contribution in [0.3, 0.4) is 0 Å². The standard InChI is InChI=1S/C21H31N3O/c22-18-5-1-2-6-19(18)23-20(25)16-7-9-17(10-8-16)21(11-12-21)15-24-13-3-4-14-24/h7-10,18-19H,1-6,11-15,22H2,(H,23,25). The zero-order valence-electron chi connectivity index (χ0n) is 15.2. The van der Waals surface area contributed by atoms with E-state index in [4.69, 9.17) is 5.73 Å². The summed E-state index contributed by atoms with van der Waals surface area (Å²) >= 11 is 0. The lowest BCUT2D eigenvalue weighted by Crippen LogP contribution is -2.49. The lowest BCUT2D eigenvalue weighted by Gasteiger charge is -2.29. The lowest BCUT2D eigenvalue weighted by molar-refractivity contribution is 0.0921. The fourth-order valence-electron chi connectivity index (χ4n) is 4.62. The topological polar surface area (TPSA) is 58.4 Å². The van der Waals surface area contributed by atoms with Crippen molar-refractivity contribution in [3.05, 3.63) is 35.4 Å². The van der Waals surface area contributed by atoms with Crippen molar-refractivity contribution >= 4 is 5.91 Å². The second-order valence-electron chi connectivity index (χ2n) is 8.37. The van der Waals surface area contributed by atoms with Crippen LogP contribution in [-0.2, 0) is 5.41 Å². The molecule has 2 saturated carbocycles. The first kappa shape index (κ1) is 17.0. The highest BCUT2D eigenvalue weighted by Crippen LogP contribution is 2.49. The minimum absolute atomic E-state index is 0.0262. The maximum atomic E-state index is 12.5. The molecule has 1 aliphatic heterocycles. The first-order valence-electron chi connectivity index (χ1n) is 10.1. The predicted molar refractivity (Wildman–Crippen MR) is 101 cm³/mol. The second-order valence-corrected chi connectivity index (χ2v) is 8.37. The maximum absolute atomic E-state index is 12.5. The quantitative estimate of drug-likeness (QED) is 0.866. The Morgan fingerprint density at radius 3 is 2.40 bits per heavy atom. The van der Waals surface area contributed by atoms with E-state index in [1.165, 1.54) is 57.3 Å². The summed E-state index contributed by atoms with van der Waals surface area (Å²) in [6, 6.07) is 8.60. The number of amides is 1. The normalized spacial score (nSPS) is 28.7. The van der Waals surface area contributed by atoms with Crippen LogP contribution in [0.15, 0.2) is 24.3 Å². The highest BCUT2D eigenvalue weighted by atomic mass is 16.1. The minimum Gasteiger partial charge on any atom is -0.348 e. The maximum Gasteiger partial charge on any atom is 0.251 e. The molecule has 25 heavy (non-hydrogen) atoms. The summed E-state index contributed by atoms with van der Waals surface area (Å²) in [7, 11) is 0. The average molecular weight is 341 g/mol. The van der Waals surface area contributed by atoms with Crippen LogP contribution in [0.4, 0.5) is 0 Å². The Morgan fingerprint density at radius 1 is 1.08 bits per heavy atom. The summed E-state index contributed by atoms with van der Waals surface area (Å²) < 4.78 is 0. The second kappa shape index (κ2) is 7.08. The van der Waals surface area contributed by atoms with E-state index in [9.17, 15) is 4.79 Å². The molecule has 1 saturated heterocycles. The van der Waals surface area contributed by atoms with Gasteiger partial charge in [0.25, 0.3) is 5.91 Å². The number of rotatable bonds is 5. The van der Waals surface area contributed by atoms with Gasteiger partial charge >= 0.3 is 0 Å². The SMILES string of the molecule is NC1CCCCC1NC(=O)c1ccc(C2(CN3CCCC3)CC2)cc1. The highest BCUT2D eigenvalue weighted by molar-refractivity contribution is 5.94. The van der Waals surface area contributed by atoms with Crippen LogP contribution in [-0.4, -0.2) is 42.5 Å². The molecule has 1 aromatic carbocycles. The van der Waals surface area contributed by atoms with Crippen LogP contribution >= 0.6 is 0 Å². The van der Waals surface area contributed by atoms with Gasteiger partial charge in [-0.15, -0.1) is 0 Å². The molecule has 1 aromatic rings. The van der Waals surface area contributed by atoms with Crippen molar-refractivity contribution in [3.63, 3.8) is 0 Å². The van der Waals surface area contributed by atoms with E-state index in [-0.39, 0.29) is 18.0 Å². The Balaban J connectivity index is 1.38. The lowest BCUT2D eigenvalue weighted by atomic mass is 9.90. The number of nitrogens with two attached hydrogens (primary N) is 1. The molecule has 4 nitrogen and oxygen atoms in total. The number of carbonyl (C=O) groups excluding carboxylic acids is 1. The number of hydrogen-bond acceptors (Lipinski definition) is 3. The smallest absolute Gasteiger partial charge is 0.251 e. The largest absolute Gasteiger partial charge is 0.348 e. The first-order chi connectivity index (χ1) is 12.2. The Morgan fingerprint density at radius 2 is 1.76 bits per heavy atom. The molecule has 2 atom stereocenters. The van der Waals surface area contributed by atoms with Gasteiger partial charge in [0.1, 0.15) is 0 Å². The van der Waals surface area contributed by atoms with Crippen LogP contribution in [0.1, 0.15) is 67.3 Å². The molecule has 1 heterocycles. The van der Waals surface area contributed by atoms with Gasteiger partial charge in [0.05, 0.1) is 0 Å². The van der Waals surface area contributed by atoms with Gasteiger partial charge in [-0.2, -0.15) is 0 Å². The Bertz CT molecular complexity index is 602. The summed E-state index contributed by atoms with van der Waals surface area (Å²) in [6.45, 7) is 3.70. The summed E-state index contributed by atoms with van der Waals surface area (Å²) in [5.74, 6) is 0.0262. The molecule has 3 aliphatic rings. The highest BCUT2D eigenvalue weighted by Gasteiger charge is 2.45. The van der Waals surface area contributed by atoms with Gasteiger partial charge in [0, 0.05) is 29.6 Å². The zero-order valence-corrected chi connectivity index (χ0v) is 15.2. The van der Waals surface area contributed by atoms with Gasteiger partial charge in [0.15, 0.2) is 0 Å². The number of carbonyl (C=O) groups is 1. The molecule has 136 valence electrons. The van der Waals surface area contributed by atoms with Gasteiger partial charge in [-0.1, -0.05) is 25.0 Å². The van der Waals surface area contributed by atoms with Crippen molar-refractivity contribution in [2.24, 2.45) is 5.73 Å². The third kappa shape index (κ3) is 3.75. The van der Waals surface area contributed by atoms with Gasteiger partial charge in [-0.25, -0.2) is 0 Å². The van der Waals surface area contributed by atoms with Crippen LogP contribution in [0, 0.1) is 0 Å². The van der Waals surface area contributed by atoms with E-state index in [2.05, 4.69) is 22.3 Å². The Labute approximate surface area is 151 Å². The summed E-state index contributed by atoms with van der Waals surface area (Å²) in [4.78, 5) is 15.1. The van der Waals surface area contributed by atoms with E-state index < -0.39 is 0 Å². The van der Waals surface area contributed by atoms with Crippen molar-refractivity contribution in [3.8, 4) is 0 Å². The molecule has 1 amide bonds. The number of nitrogens with zero attached hydrogens (tertiary/aromatic N) is 1. The molecule has 3 fully saturated rings. The molecule has 2 aliphatic carbocycles. The van der Waals surface area contributed by atoms with Crippen molar-refractivity contribution in [2.45, 2.75) is 68.9 Å². The molecule has 0 spiro atoms. The van der Waals surface area contributed by atoms with E-state index >= 15 is 0 Å². The van der Waals surface area contributed by atoms with Crippen LogP contribution < -0.4 is 11.1 Å². The summed E-state index contributed by atoms with van der Waals surface area (Å²) in [6.07, 6.45) is 9.62. The Hall–Kier alpha value is -1.39. The molecule has 0 bridgehead atoms. The number of likely N-dealkylation sites (tertiary alicyclic amines) is 1. The van der Waals surface area contributed by atoms with Crippen molar-refractivity contribution in [1.82, 2.24) is 10.2 Å². The molecular weight excluding hydrogens is 310 g/mol. The molecule has 0 radical (unpaired) electrons. The molecular formula is C21H31N3O. The fourth-order valence-corrected chi connectivity index (χ4v) is 4.62. The van der Waals surface area contributed by atoms with Crippen LogP contribution in [0.5, 0.6) is 0 Å². The van der Waals surface area contributed by atoms with Gasteiger partial charge in [-0.05, 0) is 69.3 Å². The monoisotopic (exact) mass is 341 g/mol. The van der Waals surface area contributed by atoms with Gasteiger partial charge in [-0.3, -0.25) is 4.79 Å². The number of hydrogen-bond donors (Lipinski definition) is 2. The molecule has 4 rings (SSSR count). The van der Waals surface area contributed by atoms with Crippen LogP contribution in [0.25, 0.3) is 0 Å². The first-order valence-corrected chi connectivity index (χ1v) is 10.1. The number of nitrogens with one attached hydrogen (secondary N) is 1. The average Bonchev–Trinajstić information content (AvgIpc) is 3.23. The minimum atomic E-state index is 0.0262. The summed E-state index contributed by atoms with van der Waals surface area (Å²) in [5.41, 5.74) is 8.68. The molecule has 4 heteroatoms. The van der Waals surface area contributed by atoms with Crippen LogP contribution in [0.2, 0.25) is 0 Å². The van der Waals surface area contributed by atoms with E-state index in [1.54, 1.807) is 0 Å². The van der Waals surface area contributed by atoms with E-state index in [0.29, 0.717) is 5.41 Å². The predicted octanol–water partition coefficient (Wildman–Crippen LogP) is 2.81. The fraction of sp³-hybridized carbons (Fsp3) is 0.667. The van der Waals surface area contributed by atoms with Crippen molar-refractivity contribution in [1.29, 1.82) is 0 Å². The van der Waals surface area contributed by atoms with E-state index in [0.717, 1.165) is 24.8 Å². The van der Waals surface area contributed by atoms with Crippen molar-refractivity contribution < 1.29 is 4.79 Å². The Kier molecular flexibility index (Phi) is 4.83. The van der Waals surface area contributed by atoms with Gasteiger partial charge < -0.3 is 16.0 Å².